The number of imide groups is 1. The number of hydrogen-bond donors (Lipinski definition) is 3. The molecule has 3 N–H and O–H groups in total. The zero-order valence-corrected chi connectivity index (χ0v) is 19.1. The third-order valence-electron chi connectivity index (χ3n) is 5.24. The summed E-state index contributed by atoms with van der Waals surface area (Å²) in [7, 11) is 0. The van der Waals surface area contributed by atoms with Crippen molar-refractivity contribution in [1.82, 2.24) is 30.4 Å². The van der Waals surface area contributed by atoms with Crippen LogP contribution in [0.2, 0.25) is 5.02 Å². The summed E-state index contributed by atoms with van der Waals surface area (Å²) in [5.74, 6) is 0.562. The molecule has 12 heteroatoms. The Morgan fingerprint density at radius 3 is 2.83 bits per heavy atom. The SMILES string of the molecule is O=C1CNC(=O)N1CCOc1n[nH]c2cncc(Nc3ccc(OCc4ccccn4)c(Cl)c3)c12. The largest absolute Gasteiger partial charge is 0.486 e. The van der Waals surface area contributed by atoms with Gasteiger partial charge in [0.05, 0.1) is 52.8 Å². The highest BCUT2D eigenvalue weighted by Gasteiger charge is 2.28. The number of carbonyl (C=O) groups excluding carboxylic acids is 2. The highest BCUT2D eigenvalue weighted by atomic mass is 35.5. The minimum Gasteiger partial charge on any atom is -0.486 e. The van der Waals surface area contributed by atoms with Gasteiger partial charge in [0, 0.05) is 11.9 Å². The van der Waals surface area contributed by atoms with Crippen LogP contribution in [0.3, 0.4) is 0 Å². The number of aromatic amines is 1. The molecule has 1 aliphatic rings. The molecule has 5 rings (SSSR count). The van der Waals surface area contributed by atoms with Crippen molar-refractivity contribution >= 4 is 45.8 Å². The van der Waals surface area contributed by atoms with Gasteiger partial charge in [0.25, 0.3) is 0 Å². The van der Waals surface area contributed by atoms with Crippen LogP contribution in [0.25, 0.3) is 10.9 Å². The number of benzene rings is 1. The fraction of sp³-hybridized carbons (Fsp3) is 0.174. The lowest BCUT2D eigenvalue weighted by Gasteiger charge is -2.13. The van der Waals surface area contributed by atoms with Gasteiger partial charge in [-0.15, -0.1) is 5.10 Å². The number of hydrogen-bond acceptors (Lipinski definition) is 8. The molecule has 0 unspecified atom stereocenters. The van der Waals surface area contributed by atoms with Gasteiger partial charge in [0.15, 0.2) is 0 Å². The smallest absolute Gasteiger partial charge is 0.324 e. The van der Waals surface area contributed by atoms with Crippen molar-refractivity contribution in [1.29, 1.82) is 0 Å². The van der Waals surface area contributed by atoms with Crippen molar-refractivity contribution in [3.63, 3.8) is 0 Å². The van der Waals surface area contributed by atoms with Crippen molar-refractivity contribution in [2.75, 3.05) is 25.0 Å². The van der Waals surface area contributed by atoms with Gasteiger partial charge in [-0.2, -0.15) is 0 Å². The number of amides is 3. The second-order valence-corrected chi connectivity index (χ2v) is 7.98. The van der Waals surface area contributed by atoms with Crippen LogP contribution in [0.1, 0.15) is 5.69 Å². The van der Waals surface area contributed by atoms with E-state index in [2.05, 4.69) is 30.8 Å². The molecule has 1 saturated heterocycles. The fourth-order valence-electron chi connectivity index (χ4n) is 3.54. The van der Waals surface area contributed by atoms with Gasteiger partial charge in [-0.3, -0.25) is 24.8 Å². The first kappa shape index (κ1) is 22.4. The summed E-state index contributed by atoms with van der Waals surface area (Å²) in [5.41, 5.74) is 2.80. The van der Waals surface area contributed by atoms with Crippen LogP contribution >= 0.6 is 11.6 Å². The Balaban J connectivity index is 1.28. The molecule has 1 aromatic carbocycles. The van der Waals surface area contributed by atoms with E-state index in [0.717, 1.165) is 10.6 Å². The van der Waals surface area contributed by atoms with Gasteiger partial charge in [0.2, 0.25) is 11.8 Å². The summed E-state index contributed by atoms with van der Waals surface area (Å²) in [4.78, 5) is 33.0. The molecule has 4 aromatic rings. The number of ether oxygens (including phenoxy) is 2. The van der Waals surface area contributed by atoms with E-state index in [-0.39, 0.29) is 25.6 Å². The Labute approximate surface area is 204 Å². The van der Waals surface area contributed by atoms with Gasteiger partial charge < -0.3 is 20.1 Å². The van der Waals surface area contributed by atoms with E-state index in [1.807, 2.05) is 24.3 Å². The van der Waals surface area contributed by atoms with Crippen LogP contribution in [0.15, 0.2) is 55.0 Å². The molecule has 1 fully saturated rings. The molecule has 1 aliphatic heterocycles. The predicted molar refractivity (Wildman–Crippen MR) is 128 cm³/mol. The van der Waals surface area contributed by atoms with E-state index in [0.29, 0.717) is 45.5 Å². The number of aromatic nitrogens is 4. The number of nitrogens with one attached hydrogen (secondary N) is 3. The number of anilines is 2. The Hall–Kier alpha value is -4.38. The summed E-state index contributed by atoms with van der Waals surface area (Å²) < 4.78 is 11.6. The number of pyridine rings is 2. The molecule has 0 bridgehead atoms. The second kappa shape index (κ2) is 9.85. The van der Waals surface area contributed by atoms with E-state index in [1.54, 1.807) is 30.7 Å². The van der Waals surface area contributed by atoms with Gasteiger partial charge >= 0.3 is 6.03 Å². The first-order valence-electron chi connectivity index (χ1n) is 10.7. The van der Waals surface area contributed by atoms with E-state index >= 15 is 0 Å². The van der Waals surface area contributed by atoms with Crippen molar-refractivity contribution in [3.8, 4) is 11.6 Å². The lowest BCUT2D eigenvalue weighted by Crippen LogP contribution is -2.34. The van der Waals surface area contributed by atoms with Crippen molar-refractivity contribution in [2.24, 2.45) is 0 Å². The molecule has 11 nitrogen and oxygen atoms in total. The fourth-order valence-corrected chi connectivity index (χ4v) is 3.78. The Morgan fingerprint density at radius 2 is 2.06 bits per heavy atom. The highest BCUT2D eigenvalue weighted by molar-refractivity contribution is 6.32. The summed E-state index contributed by atoms with van der Waals surface area (Å²) >= 11 is 6.44. The maximum atomic E-state index is 11.7. The van der Waals surface area contributed by atoms with Crippen LogP contribution in [-0.2, 0) is 11.4 Å². The summed E-state index contributed by atoms with van der Waals surface area (Å²) in [5, 5.41) is 13.9. The van der Waals surface area contributed by atoms with Gasteiger partial charge in [-0.05, 0) is 30.3 Å². The number of H-pyrrole nitrogens is 1. The summed E-state index contributed by atoms with van der Waals surface area (Å²) in [6, 6.07) is 10.5. The molecule has 35 heavy (non-hydrogen) atoms. The minimum atomic E-state index is -0.429. The minimum absolute atomic E-state index is 0.000556. The van der Waals surface area contributed by atoms with Crippen LogP contribution in [0, 0.1) is 0 Å². The monoisotopic (exact) mass is 493 g/mol. The molecule has 0 radical (unpaired) electrons. The van der Waals surface area contributed by atoms with E-state index in [4.69, 9.17) is 21.1 Å². The normalized spacial score (nSPS) is 13.2. The van der Waals surface area contributed by atoms with Crippen molar-refractivity contribution in [3.05, 3.63) is 65.7 Å². The Morgan fingerprint density at radius 1 is 1.14 bits per heavy atom. The predicted octanol–water partition coefficient (Wildman–Crippen LogP) is 3.26. The standard InChI is InChI=1S/C23H20ClN7O4/c24-16-9-14(4-5-19(16)35-13-15-3-1-2-6-26-15)28-17-10-25-11-18-21(17)22(30-29-18)34-8-7-31-20(32)12-27-23(31)33/h1-6,9-11,28H,7-8,12-13H2,(H,27,33)(H,29,30). The molecular formula is C23H20ClN7O4. The molecular weight excluding hydrogens is 474 g/mol. The van der Waals surface area contributed by atoms with Crippen LogP contribution in [0.4, 0.5) is 16.2 Å². The molecule has 0 spiro atoms. The quantitative estimate of drug-likeness (QED) is 0.302. The molecule has 178 valence electrons. The average molecular weight is 494 g/mol. The maximum Gasteiger partial charge on any atom is 0.324 e. The summed E-state index contributed by atoms with van der Waals surface area (Å²) in [6.07, 6.45) is 4.97. The van der Waals surface area contributed by atoms with Crippen molar-refractivity contribution < 1.29 is 19.1 Å². The second-order valence-electron chi connectivity index (χ2n) is 7.57. The zero-order valence-electron chi connectivity index (χ0n) is 18.3. The van der Waals surface area contributed by atoms with Gasteiger partial charge in [-0.25, -0.2) is 4.79 Å². The van der Waals surface area contributed by atoms with E-state index in [9.17, 15) is 9.59 Å². The number of urea groups is 1. The third-order valence-corrected chi connectivity index (χ3v) is 5.54. The van der Waals surface area contributed by atoms with Crippen LogP contribution < -0.4 is 20.1 Å². The Kier molecular flexibility index (Phi) is 6.31. The zero-order chi connectivity index (χ0) is 24.2. The number of fused-ring (bicyclic) bond motifs is 1. The number of rotatable bonds is 9. The van der Waals surface area contributed by atoms with Gasteiger partial charge in [0.1, 0.15) is 19.0 Å². The Bertz CT molecular complexity index is 1360. The number of nitrogens with zero attached hydrogens (tertiary/aromatic N) is 4. The summed E-state index contributed by atoms with van der Waals surface area (Å²) in [6.45, 7) is 0.508. The van der Waals surface area contributed by atoms with Crippen molar-refractivity contribution in [2.45, 2.75) is 6.61 Å². The maximum absolute atomic E-state index is 11.7. The topological polar surface area (TPSA) is 134 Å². The van der Waals surface area contributed by atoms with Gasteiger partial charge in [-0.1, -0.05) is 17.7 Å². The van der Waals surface area contributed by atoms with E-state index < -0.39 is 6.03 Å². The first-order chi connectivity index (χ1) is 17.1. The van der Waals surface area contributed by atoms with E-state index in [1.165, 1.54) is 0 Å². The molecule has 0 saturated carbocycles. The molecule has 0 aliphatic carbocycles. The van der Waals surface area contributed by atoms with Crippen LogP contribution in [0.5, 0.6) is 11.6 Å². The molecule has 3 aromatic heterocycles. The third kappa shape index (κ3) is 4.94. The highest BCUT2D eigenvalue weighted by Crippen LogP contribution is 2.34. The molecule has 0 atom stereocenters. The number of carbonyl (C=O) groups is 2. The first-order valence-corrected chi connectivity index (χ1v) is 11.1. The molecule has 3 amide bonds. The average Bonchev–Trinajstić information content (AvgIpc) is 3.43. The van der Waals surface area contributed by atoms with Crippen LogP contribution in [-0.4, -0.2) is 56.7 Å². The lowest BCUT2D eigenvalue weighted by molar-refractivity contribution is -0.125. The lowest BCUT2D eigenvalue weighted by atomic mass is 10.2. The number of halogens is 1. The molecule has 4 heterocycles.